The van der Waals surface area contributed by atoms with Crippen molar-refractivity contribution in [2.24, 2.45) is 0 Å². The van der Waals surface area contributed by atoms with Crippen LogP contribution in [0.1, 0.15) is 28.5 Å². The molecule has 0 aliphatic heterocycles. The number of methoxy groups -OCH3 is 1. The summed E-state index contributed by atoms with van der Waals surface area (Å²) in [5.74, 6) is 0.457. The van der Waals surface area contributed by atoms with Crippen LogP contribution in [0.5, 0.6) is 5.75 Å². The molecule has 5 heteroatoms. The molecular formula is C14H16N2O3. The molecule has 0 saturated heterocycles. The second-order valence-electron chi connectivity index (χ2n) is 4.01. The Balaban J connectivity index is 2.14. The summed E-state index contributed by atoms with van der Waals surface area (Å²) >= 11 is 0. The van der Waals surface area contributed by atoms with Crippen molar-refractivity contribution < 1.29 is 14.3 Å². The van der Waals surface area contributed by atoms with E-state index in [0.717, 1.165) is 17.0 Å². The fourth-order valence-electron chi connectivity index (χ4n) is 1.78. The van der Waals surface area contributed by atoms with Crippen LogP contribution in [0.3, 0.4) is 0 Å². The van der Waals surface area contributed by atoms with Crippen molar-refractivity contribution in [3.63, 3.8) is 0 Å². The van der Waals surface area contributed by atoms with E-state index in [1.54, 1.807) is 14.0 Å². The van der Waals surface area contributed by atoms with Gasteiger partial charge >= 0.3 is 5.97 Å². The highest BCUT2D eigenvalue weighted by Gasteiger charge is 2.14. The van der Waals surface area contributed by atoms with E-state index >= 15 is 0 Å². The lowest BCUT2D eigenvalue weighted by atomic mass is 10.1. The maximum Gasteiger partial charge on any atom is 0.341 e. The number of hydrogen-bond acceptors (Lipinski definition) is 4. The molecular weight excluding hydrogens is 244 g/mol. The van der Waals surface area contributed by atoms with Crippen LogP contribution in [0.2, 0.25) is 0 Å². The van der Waals surface area contributed by atoms with E-state index < -0.39 is 0 Å². The van der Waals surface area contributed by atoms with Crippen LogP contribution < -0.4 is 4.74 Å². The molecule has 1 heterocycles. The molecule has 0 saturated carbocycles. The van der Waals surface area contributed by atoms with Gasteiger partial charge in [0.1, 0.15) is 11.3 Å². The summed E-state index contributed by atoms with van der Waals surface area (Å²) in [5, 5.41) is 6.74. The third-order valence-corrected chi connectivity index (χ3v) is 2.75. The predicted molar refractivity (Wildman–Crippen MR) is 70.3 cm³/mol. The zero-order valence-corrected chi connectivity index (χ0v) is 11.0. The summed E-state index contributed by atoms with van der Waals surface area (Å²) in [5.41, 5.74) is 2.30. The summed E-state index contributed by atoms with van der Waals surface area (Å²) in [6.45, 7) is 2.13. The maximum absolute atomic E-state index is 11.7. The van der Waals surface area contributed by atoms with Crippen LogP contribution in [0, 0.1) is 0 Å². The molecule has 1 aromatic heterocycles. The summed E-state index contributed by atoms with van der Waals surface area (Å²) in [7, 11) is 1.63. The van der Waals surface area contributed by atoms with E-state index in [2.05, 4.69) is 10.2 Å². The van der Waals surface area contributed by atoms with Crippen LogP contribution >= 0.6 is 0 Å². The third-order valence-electron chi connectivity index (χ3n) is 2.75. The minimum atomic E-state index is -0.347. The number of benzene rings is 1. The van der Waals surface area contributed by atoms with Gasteiger partial charge in [-0.15, -0.1) is 0 Å². The second kappa shape index (κ2) is 6.04. The number of nitrogens with zero attached hydrogens (tertiary/aromatic N) is 1. The number of nitrogens with one attached hydrogen (secondary N) is 1. The van der Waals surface area contributed by atoms with Crippen molar-refractivity contribution in [2.75, 3.05) is 13.7 Å². The monoisotopic (exact) mass is 260 g/mol. The summed E-state index contributed by atoms with van der Waals surface area (Å²) in [4.78, 5) is 11.7. The first-order valence-electron chi connectivity index (χ1n) is 6.07. The summed E-state index contributed by atoms with van der Waals surface area (Å²) in [6, 6.07) is 7.68. The minimum Gasteiger partial charge on any atom is -0.497 e. The first kappa shape index (κ1) is 13.1. The van der Waals surface area contributed by atoms with E-state index in [-0.39, 0.29) is 5.97 Å². The molecule has 2 rings (SSSR count). The normalized spacial score (nSPS) is 10.2. The molecule has 0 aliphatic carbocycles. The number of carbonyl (C=O) groups excluding carboxylic acids is 1. The van der Waals surface area contributed by atoms with Crippen molar-refractivity contribution in [1.29, 1.82) is 0 Å². The lowest BCUT2D eigenvalue weighted by molar-refractivity contribution is 0.0525. The smallest absolute Gasteiger partial charge is 0.341 e. The molecule has 1 N–H and O–H groups in total. The molecule has 100 valence electrons. The molecule has 19 heavy (non-hydrogen) atoms. The Morgan fingerprint density at radius 3 is 2.68 bits per heavy atom. The Bertz CT molecular complexity index is 546. The van der Waals surface area contributed by atoms with Gasteiger partial charge in [-0.05, 0) is 24.6 Å². The fourth-order valence-corrected chi connectivity index (χ4v) is 1.78. The Morgan fingerprint density at radius 2 is 2.05 bits per heavy atom. The average molecular weight is 260 g/mol. The zero-order chi connectivity index (χ0) is 13.7. The highest BCUT2D eigenvalue weighted by molar-refractivity contribution is 5.90. The molecule has 1 aromatic carbocycles. The minimum absolute atomic E-state index is 0.347. The molecule has 2 aromatic rings. The lowest BCUT2D eigenvalue weighted by Gasteiger charge is -2.04. The summed E-state index contributed by atoms with van der Waals surface area (Å²) in [6.07, 6.45) is 2.09. The predicted octanol–water partition coefficient (Wildman–Crippen LogP) is 2.19. The first-order chi connectivity index (χ1) is 9.24. The van der Waals surface area contributed by atoms with Crippen LogP contribution in [0.25, 0.3) is 0 Å². The second-order valence-corrected chi connectivity index (χ2v) is 4.01. The van der Waals surface area contributed by atoms with Gasteiger partial charge in [0.05, 0.1) is 25.6 Å². The van der Waals surface area contributed by atoms with Gasteiger partial charge in [-0.25, -0.2) is 4.79 Å². The number of aromatic nitrogens is 2. The van der Waals surface area contributed by atoms with Gasteiger partial charge in [-0.3, -0.25) is 5.10 Å². The number of aromatic amines is 1. The van der Waals surface area contributed by atoms with E-state index in [0.29, 0.717) is 18.6 Å². The molecule has 0 atom stereocenters. The van der Waals surface area contributed by atoms with Gasteiger partial charge < -0.3 is 9.47 Å². The van der Waals surface area contributed by atoms with E-state index in [1.165, 1.54) is 6.20 Å². The number of esters is 1. The van der Waals surface area contributed by atoms with Crippen molar-refractivity contribution in [3.8, 4) is 5.75 Å². The van der Waals surface area contributed by atoms with E-state index in [9.17, 15) is 4.79 Å². The number of rotatable bonds is 5. The number of H-pyrrole nitrogens is 1. The van der Waals surface area contributed by atoms with Gasteiger partial charge in [0.15, 0.2) is 0 Å². The van der Waals surface area contributed by atoms with E-state index in [1.807, 2.05) is 24.3 Å². The molecule has 0 fully saturated rings. The topological polar surface area (TPSA) is 64.2 Å². The highest BCUT2D eigenvalue weighted by atomic mass is 16.5. The lowest BCUT2D eigenvalue weighted by Crippen LogP contribution is -2.07. The largest absolute Gasteiger partial charge is 0.497 e. The van der Waals surface area contributed by atoms with Crippen LogP contribution in [-0.4, -0.2) is 29.9 Å². The third kappa shape index (κ3) is 3.13. The van der Waals surface area contributed by atoms with Gasteiger partial charge in [0.2, 0.25) is 0 Å². The quantitative estimate of drug-likeness (QED) is 0.837. The van der Waals surface area contributed by atoms with Crippen LogP contribution in [0.15, 0.2) is 30.5 Å². The molecule has 0 radical (unpaired) electrons. The van der Waals surface area contributed by atoms with E-state index in [4.69, 9.17) is 9.47 Å². The van der Waals surface area contributed by atoms with Crippen LogP contribution in [-0.2, 0) is 11.2 Å². The average Bonchev–Trinajstić information content (AvgIpc) is 2.88. The molecule has 0 spiro atoms. The Kier molecular flexibility index (Phi) is 4.18. The van der Waals surface area contributed by atoms with Gasteiger partial charge in [-0.2, -0.15) is 5.10 Å². The van der Waals surface area contributed by atoms with Crippen molar-refractivity contribution >= 4 is 5.97 Å². The highest BCUT2D eigenvalue weighted by Crippen LogP contribution is 2.16. The first-order valence-corrected chi connectivity index (χ1v) is 6.07. The van der Waals surface area contributed by atoms with Gasteiger partial charge in [0.25, 0.3) is 0 Å². The maximum atomic E-state index is 11.7. The number of carbonyl (C=O) groups is 1. The molecule has 0 aliphatic rings. The summed E-state index contributed by atoms with van der Waals surface area (Å²) < 4.78 is 10.1. The standard InChI is InChI=1S/C14H16N2O3/c1-3-19-14(17)12-9-15-16-13(12)8-10-4-6-11(18-2)7-5-10/h4-7,9H,3,8H2,1-2H3,(H,15,16). The number of ether oxygens (including phenoxy) is 2. The molecule has 0 unspecified atom stereocenters. The van der Waals surface area contributed by atoms with Crippen molar-refractivity contribution in [2.45, 2.75) is 13.3 Å². The molecule has 0 amide bonds. The Hall–Kier alpha value is -2.30. The Morgan fingerprint density at radius 1 is 1.32 bits per heavy atom. The molecule has 5 nitrogen and oxygen atoms in total. The number of hydrogen-bond donors (Lipinski definition) is 1. The van der Waals surface area contributed by atoms with Gasteiger partial charge in [0, 0.05) is 6.42 Å². The van der Waals surface area contributed by atoms with Crippen molar-refractivity contribution in [3.05, 3.63) is 47.3 Å². The zero-order valence-electron chi connectivity index (χ0n) is 11.0. The fraction of sp³-hybridized carbons (Fsp3) is 0.286. The molecule has 0 bridgehead atoms. The van der Waals surface area contributed by atoms with Gasteiger partial charge in [-0.1, -0.05) is 12.1 Å². The van der Waals surface area contributed by atoms with Crippen LogP contribution in [0.4, 0.5) is 0 Å². The SMILES string of the molecule is CCOC(=O)c1cn[nH]c1Cc1ccc(OC)cc1. The van der Waals surface area contributed by atoms with Crippen molar-refractivity contribution in [1.82, 2.24) is 10.2 Å². The Labute approximate surface area is 111 Å².